The second-order valence-electron chi connectivity index (χ2n) is 7.17. The molecule has 2 N–H and O–H groups in total. The average molecular weight is 357 g/mol. The van der Waals surface area contributed by atoms with Crippen LogP contribution in [-0.4, -0.2) is 24.4 Å². The van der Waals surface area contributed by atoms with Crippen LogP contribution in [0.1, 0.15) is 45.2 Å². The summed E-state index contributed by atoms with van der Waals surface area (Å²) in [7, 11) is 0. The Morgan fingerprint density at radius 1 is 1.24 bits per heavy atom. The van der Waals surface area contributed by atoms with Crippen molar-refractivity contribution in [3.8, 4) is 5.75 Å². The molecule has 5 nitrogen and oxygen atoms in total. The van der Waals surface area contributed by atoms with E-state index in [9.17, 15) is 18.0 Å². The van der Waals surface area contributed by atoms with Gasteiger partial charge in [0, 0.05) is 5.56 Å². The summed E-state index contributed by atoms with van der Waals surface area (Å²) in [5, 5.41) is 6.41. The molecule has 0 fully saturated rings. The minimum atomic E-state index is -4.55. The molecule has 25 heavy (non-hydrogen) atoms. The zero-order valence-corrected chi connectivity index (χ0v) is 14.6. The summed E-state index contributed by atoms with van der Waals surface area (Å²) < 4.78 is 45.6. The van der Waals surface area contributed by atoms with Gasteiger partial charge >= 0.3 is 12.2 Å². The smallest absolute Gasteiger partial charge is 0.419 e. The fourth-order valence-electron chi connectivity index (χ4n) is 2.32. The molecule has 1 heterocycles. The number of halogens is 3. The van der Waals surface area contributed by atoms with Gasteiger partial charge in [-0.1, -0.05) is 20.8 Å². The Hall–Kier alpha value is -2.25. The number of benzene rings is 1. The molecular formula is C17H22F3N3O2. The van der Waals surface area contributed by atoms with Gasteiger partial charge in [0.05, 0.1) is 23.9 Å². The normalized spacial score (nSPS) is 18.3. The van der Waals surface area contributed by atoms with Crippen LogP contribution in [0.3, 0.4) is 0 Å². The molecule has 0 spiro atoms. The van der Waals surface area contributed by atoms with E-state index < -0.39 is 23.8 Å². The molecule has 0 saturated heterocycles. The summed E-state index contributed by atoms with van der Waals surface area (Å²) in [4.78, 5) is 11.2. The third kappa shape index (κ3) is 5.11. The van der Waals surface area contributed by atoms with E-state index >= 15 is 0 Å². The molecule has 0 radical (unpaired) electrons. The minimum absolute atomic E-state index is 0.0333. The van der Waals surface area contributed by atoms with Gasteiger partial charge in [-0.3, -0.25) is 0 Å². The second-order valence-corrected chi connectivity index (χ2v) is 7.17. The van der Waals surface area contributed by atoms with Gasteiger partial charge in [0.2, 0.25) is 0 Å². The fourth-order valence-corrected chi connectivity index (χ4v) is 2.32. The lowest BCUT2D eigenvalue weighted by atomic mass is 9.93. The Morgan fingerprint density at radius 3 is 2.48 bits per heavy atom. The predicted octanol–water partition coefficient (Wildman–Crippen LogP) is 3.93. The Bertz CT molecular complexity index is 679. The summed E-state index contributed by atoms with van der Waals surface area (Å²) in [5.41, 5.74) is 1.92. The third-order valence-corrected chi connectivity index (χ3v) is 3.73. The Kier molecular flexibility index (Phi) is 5.29. The van der Waals surface area contributed by atoms with Crippen molar-refractivity contribution >= 4 is 11.7 Å². The molecular weight excluding hydrogens is 335 g/mol. The van der Waals surface area contributed by atoms with E-state index in [4.69, 9.17) is 4.74 Å². The van der Waals surface area contributed by atoms with Crippen molar-refractivity contribution in [3.63, 3.8) is 0 Å². The van der Waals surface area contributed by atoms with Crippen molar-refractivity contribution < 1.29 is 22.7 Å². The van der Waals surface area contributed by atoms with E-state index in [1.165, 1.54) is 12.1 Å². The van der Waals surface area contributed by atoms with Crippen molar-refractivity contribution in [2.75, 3.05) is 6.61 Å². The quantitative estimate of drug-likeness (QED) is 0.858. The number of carbonyl (C=O) groups excluding carboxylic acids is 1. The van der Waals surface area contributed by atoms with Gasteiger partial charge in [0.25, 0.3) is 0 Å². The average Bonchev–Trinajstić information content (AvgIpc) is 2.45. The van der Waals surface area contributed by atoms with E-state index in [2.05, 4.69) is 15.8 Å². The van der Waals surface area contributed by atoms with Crippen LogP contribution in [0.5, 0.6) is 5.75 Å². The first-order chi connectivity index (χ1) is 11.5. The minimum Gasteiger partial charge on any atom is -0.493 e. The first-order valence-corrected chi connectivity index (χ1v) is 7.96. The number of nitrogens with zero attached hydrogens (tertiary/aromatic N) is 1. The second kappa shape index (κ2) is 6.93. The van der Waals surface area contributed by atoms with Crippen molar-refractivity contribution in [1.29, 1.82) is 0 Å². The molecule has 1 atom stereocenters. The first-order valence-electron chi connectivity index (χ1n) is 7.96. The van der Waals surface area contributed by atoms with E-state index in [1.54, 1.807) is 6.92 Å². The topological polar surface area (TPSA) is 62.7 Å². The maximum Gasteiger partial charge on any atom is 0.419 e. The van der Waals surface area contributed by atoms with Crippen LogP contribution >= 0.6 is 0 Å². The molecule has 1 aromatic carbocycles. The Labute approximate surface area is 144 Å². The predicted molar refractivity (Wildman–Crippen MR) is 88.7 cm³/mol. The number of urea groups is 1. The third-order valence-electron chi connectivity index (χ3n) is 3.73. The Morgan fingerprint density at radius 2 is 1.92 bits per heavy atom. The first kappa shape index (κ1) is 19.1. The highest BCUT2D eigenvalue weighted by Crippen LogP contribution is 2.37. The molecule has 1 aromatic rings. The fraction of sp³-hybridized carbons (Fsp3) is 0.529. The van der Waals surface area contributed by atoms with E-state index in [1.807, 2.05) is 20.8 Å². The van der Waals surface area contributed by atoms with Crippen LogP contribution in [-0.2, 0) is 6.18 Å². The Balaban J connectivity index is 2.30. The highest BCUT2D eigenvalue weighted by molar-refractivity contribution is 6.07. The van der Waals surface area contributed by atoms with Crippen LogP contribution in [0.25, 0.3) is 0 Å². The summed E-state index contributed by atoms with van der Waals surface area (Å²) in [6.07, 6.45) is -3.92. The molecule has 138 valence electrons. The lowest BCUT2D eigenvalue weighted by molar-refractivity contribution is -0.139. The van der Waals surface area contributed by atoms with Crippen LogP contribution in [0.4, 0.5) is 18.0 Å². The molecule has 0 saturated carbocycles. The number of rotatable bonds is 4. The van der Waals surface area contributed by atoms with Gasteiger partial charge in [-0.15, -0.1) is 0 Å². The molecule has 1 aliphatic rings. The van der Waals surface area contributed by atoms with Gasteiger partial charge in [-0.25, -0.2) is 10.2 Å². The van der Waals surface area contributed by atoms with Gasteiger partial charge < -0.3 is 10.1 Å². The lowest BCUT2D eigenvalue weighted by Crippen LogP contribution is -2.48. The number of hydrogen-bond acceptors (Lipinski definition) is 3. The van der Waals surface area contributed by atoms with Crippen molar-refractivity contribution in [2.24, 2.45) is 10.5 Å². The summed E-state index contributed by atoms with van der Waals surface area (Å²) >= 11 is 0. The number of hydrogen-bond donors (Lipinski definition) is 2. The summed E-state index contributed by atoms with van der Waals surface area (Å²) in [6, 6.07) is 2.82. The zero-order valence-electron chi connectivity index (χ0n) is 14.6. The van der Waals surface area contributed by atoms with Crippen molar-refractivity contribution in [1.82, 2.24) is 10.7 Å². The van der Waals surface area contributed by atoms with Gasteiger partial charge in [-0.2, -0.15) is 18.3 Å². The summed E-state index contributed by atoms with van der Waals surface area (Å²) in [5.74, 6) is -0.207. The number of carbonyl (C=O) groups is 1. The monoisotopic (exact) mass is 357 g/mol. The molecule has 0 aliphatic carbocycles. The highest BCUT2D eigenvalue weighted by Gasteiger charge is 2.35. The van der Waals surface area contributed by atoms with E-state index in [-0.39, 0.29) is 23.3 Å². The van der Waals surface area contributed by atoms with Crippen LogP contribution in [0, 0.1) is 5.41 Å². The van der Waals surface area contributed by atoms with Crippen LogP contribution in [0.15, 0.2) is 23.3 Å². The molecule has 2 amide bonds. The molecule has 0 aromatic heterocycles. The maximum absolute atomic E-state index is 13.4. The van der Waals surface area contributed by atoms with Crippen LogP contribution < -0.4 is 15.5 Å². The molecule has 2 rings (SSSR count). The number of amides is 2. The number of ether oxygens (including phenoxy) is 1. The molecule has 0 bridgehead atoms. The molecule has 0 unspecified atom stereocenters. The number of alkyl halides is 3. The number of nitrogens with one attached hydrogen (secondary N) is 2. The zero-order chi connectivity index (χ0) is 18.8. The van der Waals surface area contributed by atoms with E-state index in [0.29, 0.717) is 12.1 Å². The molecule has 8 heteroatoms. The lowest BCUT2D eigenvalue weighted by Gasteiger charge is -2.23. The van der Waals surface area contributed by atoms with Crippen LogP contribution in [0.2, 0.25) is 0 Å². The van der Waals surface area contributed by atoms with Crippen molar-refractivity contribution in [2.45, 2.75) is 46.3 Å². The molecule has 1 aliphatic heterocycles. The van der Waals surface area contributed by atoms with Gasteiger partial charge in [0.15, 0.2) is 0 Å². The highest BCUT2D eigenvalue weighted by atomic mass is 19.4. The summed E-state index contributed by atoms with van der Waals surface area (Å²) in [6.45, 7) is 7.83. The maximum atomic E-state index is 13.4. The van der Waals surface area contributed by atoms with Gasteiger partial charge in [-0.05, 0) is 37.0 Å². The SMILES string of the molecule is C[C@@H]1NC(=O)NN=C1c1ccc(OCCC(C)(C)C)c(C(F)(F)F)c1. The van der Waals surface area contributed by atoms with Gasteiger partial charge in [0.1, 0.15) is 5.75 Å². The van der Waals surface area contributed by atoms with Crippen molar-refractivity contribution in [3.05, 3.63) is 29.3 Å². The standard InChI is InChI=1S/C17H22F3N3O2/c1-10-14(22-23-15(24)21-10)11-5-6-13(12(9-11)17(18,19)20)25-8-7-16(2,3)4/h5-6,9-10H,7-8H2,1-4H3,(H2,21,23,24)/t10-/m0/s1. The van der Waals surface area contributed by atoms with E-state index in [0.717, 1.165) is 6.07 Å². The largest absolute Gasteiger partial charge is 0.493 e. The number of hydrazone groups is 1.